The van der Waals surface area contributed by atoms with Gasteiger partial charge in [0.05, 0.1) is 0 Å². The van der Waals surface area contributed by atoms with Gasteiger partial charge in [-0.3, -0.25) is 4.90 Å². The number of hydrogen-bond acceptors (Lipinski definition) is 2. The molecule has 0 aromatic heterocycles. The molecule has 2 heteroatoms. The van der Waals surface area contributed by atoms with E-state index in [1.807, 2.05) is 0 Å². The Bertz CT molecular complexity index is 486. The summed E-state index contributed by atoms with van der Waals surface area (Å²) < 4.78 is 0. The van der Waals surface area contributed by atoms with Crippen molar-refractivity contribution in [3.8, 4) is 0 Å². The summed E-state index contributed by atoms with van der Waals surface area (Å²) in [5, 5.41) is 3.85. The molecule has 0 amide bonds. The Kier molecular flexibility index (Phi) is 4.11. The van der Waals surface area contributed by atoms with E-state index in [1.54, 1.807) is 0 Å². The Labute approximate surface area is 129 Å². The Morgan fingerprint density at radius 2 is 1.86 bits per heavy atom. The van der Waals surface area contributed by atoms with Gasteiger partial charge in [-0.2, -0.15) is 0 Å². The van der Waals surface area contributed by atoms with Crippen LogP contribution in [0, 0.1) is 19.8 Å². The van der Waals surface area contributed by atoms with Crippen molar-refractivity contribution in [1.29, 1.82) is 0 Å². The molecule has 0 spiro atoms. The summed E-state index contributed by atoms with van der Waals surface area (Å²) >= 11 is 0. The van der Waals surface area contributed by atoms with E-state index in [4.69, 9.17) is 0 Å². The molecular weight excluding hydrogens is 256 g/mol. The minimum Gasteiger partial charge on any atom is -0.310 e. The molecule has 1 aliphatic carbocycles. The molecule has 116 valence electrons. The Hall–Kier alpha value is -0.860. The fraction of sp³-hybridized carbons (Fsp3) is 0.684. The highest BCUT2D eigenvalue weighted by Gasteiger charge is 2.43. The highest BCUT2D eigenvalue weighted by Crippen LogP contribution is 2.41. The van der Waals surface area contributed by atoms with Gasteiger partial charge in [-0.05, 0) is 76.1 Å². The van der Waals surface area contributed by atoms with Gasteiger partial charge in [-0.25, -0.2) is 0 Å². The molecule has 0 bridgehead atoms. The maximum absolute atomic E-state index is 3.85. The van der Waals surface area contributed by atoms with E-state index in [9.17, 15) is 0 Å². The van der Waals surface area contributed by atoms with Crippen molar-refractivity contribution in [3.63, 3.8) is 0 Å². The van der Waals surface area contributed by atoms with E-state index in [0.717, 1.165) is 19.0 Å². The van der Waals surface area contributed by atoms with Gasteiger partial charge in [0.25, 0.3) is 0 Å². The molecular formula is C19H30N2. The van der Waals surface area contributed by atoms with Gasteiger partial charge < -0.3 is 5.32 Å². The Balaban J connectivity index is 1.81. The van der Waals surface area contributed by atoms with Crippen LogP contribution in [0.25, 0.3) is 0 Å². The van der Waals surface area contributed by atoms with Crippen LogP contribution in [0.2, 0.25) is 0 Å². The molecule has 2 aliphatic rings. The zero-order valence-electron chi connectivity index (χ0n) is 14.1. The van der Waals surface area contributed by atoms with Crippen molar-refractivity contribution in [2.45, 2.75) is 65.1 Å². The lowest BCUT2D eigenvalue weighted by molar-refractivity contribution is 0.154. The van der Waals surface area contributed by atoms with E-state index in [-0.39, 0.29) is 0 Å². The molecule has 1 saturated carbocycles. The van der Waals surface area contributed by atoms with E-state index in [0.29, 0.717) is 11.6 Å². The lowest BCUT2D eigenvalue weighted by Crippen LogP contribution is -2.51. The summed E-state index contributed by atoms with van der Waals surface area (Å²) in [6, 6.07) is 7.35. The van der Waals surface area contributed by atoms with E-state index in [1.165, 1.54) is 42.5 Å². The predicted molar refractivity (Wildman–Crippen MR) is 89.5 cm³/mol. The summed E-state index contributed by atoms with van der Waals surface area (Å²) in [5.41, 5.74) is 4.73. The molecule has 21 heavy (non-hydrogen) atoms. The average molecular weight is 286 g/mol. The van der Waals surface area contributed by atoms with Crippen LogP contribution in [0.4, 0.5) is 0 Å². The van der Waals surface area contributed by atoms with Gasteiger partial charge in [0.2, 0.25) is 0 Å². The van der Waals surface area contributed by atoms with Crippen LogP contribution in [0.15, 0.2) is 18.2 Å². The molecule has 1 aromatic rings. The van der Waals surface area contributed by atoms with Crippen molar-refractivity contribution in [2.24, 2.45) is 5.92 Å². The standard InChI is InChI=1S/C19H30N2/c1-14-6-5-7-15(2)18(14)12-21-13-19(4,17-8-9-17)20-11-10-16(21)3/h5-7,16-17,20H,8-13H2,1-4H3. The van der Waals surface area contributed by atoms with E-state index >= 15 is 0 Å². The number of nitrogens with zero attached hydrogens (tertiary/aromatic N) is 1. The van der Waals surface area contributed by atoms with Crippen LogP contribution >= 0.6 is 0 Å². The monoisotopic (exact) mass is 286 g/mol. The zero-order chi connectivity index (χ0) is 15.0. The maximum Gasteiger partial charge on any atom is 0.0308 e. The number of benzene rings is 1. The van der Waals surface area contributed by atoms with Gasteiger partial charge in [-0.15, -0.1) is 0 Å². The zero-order valence-corrected chi connectivity index (χ0v) is 14.1. The lowest BCUT2D eigenvalue weighted by Gasteiger charge is -2.36. The van der Waals surface area contributed by atoms with Gasteiger partial charge in [0.1, 0.15) is 0 Å². The van der Waals surface area contributed by atoms with Crippen LogP contribution in [-0.2, 0) is 6.54 Å². The highest BCUT2D eigenvalue weighted by molar-refractivity contribution is 5.33. The SMILES string of the molecule is Cc1cccc(C)c1CN1CC(C)(C2CC2)NCCC1C. The molecule has 1 aromatic carbocycles. The molecule has 1 saturated heterocycles. The first-order chi connectivity index (χ1) is 9.99. The van der Waals surface area contributed by atoms with Crippen molar-refractivity contribution in [3.05, 3.63) is 34.9 Å². The summed E-state index contributed by atoms with van der Waals surface area (Å²) in [6.45, 7) is 12.8. The second-order valence-electron chi connectivity index (χ2n) is 7.53. The van der Waals surface area contributed by atoms with Crippen LogP contribution in [-0.4, -0.2) is 29.6 Å². The maximum atomic E-state index is 3.85. The fourth-order valence-corrected chi connectivity index (χ4v) is 3.89. The molecule has 2 nitrogen and oxygen atoms in total. The molecule has 2 atom stereocenters. The normalized spacial score (nSPS) is 31.1. The third-order valence-corrected chi connectivity index (χ3v) is 5.73. The van der Waals surface area contributed by atoms with Crippen molar-refractivity contribution >= 4 is 0 Å². The molecule has 2 unspecified atom stereocenters. The Morgan fingerprint density at radius 3 is 2.48 bits per heavy atom. The predicted octanol–water partition coefficient (Wildman–Crippen LogP) is 3.66. The van der Waals surface area contributed by atoms with Gasteiger partial charge in [0.15, 0.2) is 0 Å². The topological polar surface area (TPSA) is 15.3 Å². The van der Waals surface area contributed by atoms with Crippen LogP contribution in [0.1, 0.15) is 49.8 Å². The van der Waals surface area contributed by atoms with Gasteiger partial charge in [-0.1, -0.05) is 18.2 Å². The van der Waals surface area contributed by atoms with Crippen molar-refractivity contribution < 1.29 is 0 Å². The van der Waals surface area contributed by atoms with Crippen molar-refractivity contribution in [1.82, 2.24) is 10.2 Å². The lowest BCUT2D eigenvalue weighted by atomic mass is 9.94. The fourth-order valence-electron chi connectivity index (χ4n) is 3.89. The van der Waals surface area contributed by atoms with E-state index in [2.05, 4.69) is 56.1 Å². The van der Waals surface area contributed by atoms with Crippen molar-refractivity contribution in [2.75, 3.05) is 13.1 Å². The first-order valence-electron chi connectivity index (χ1n) is 8.54. The second kappa shape index (κ2) is 5.73. The molecule has 3 rings (SSSR count). The third-order valence-electron chi connectivity index (χ3n) is 5.73. The van der Waals surface area contributed by atoms with Gasteiger partial charge in [0, 0.05) is 24.7 Å². The number of nitrogens with one attached hydrogen (secondary N) is 1. The van der Waals surface area contributed by atoms with Crippen LogP contribution < -0.4 is 5.32 Å². The van der Waals surface area contributed by atoms with E-state index < -0.39 is 0 Å². The first-order valence-corrected chi connectivity index (χ1v) is 8.54. The van der Waals surface area contributed by atoms with Crippen LogP contribution in [0.3, 0.4) is 0 Å². The minimum absolute atomic E-state index is 0.321. The molecule has 2 fully saturated rings. The first kappa shape index (κ1) is 15.1. The summed E-state index contributed by atoms with van der Waals surface area (Å²) in [7, 11) is 0. The number of rotatable bonds is 3. The summed E-state index contributed by atoms with van der Waals surface area (Å²) in [5.74, 6) is 0.892. The average Bonchev–Trinajstić information content (AvgIpc) is 3.25. The molecule has 1 N–H and O–H groups in total. The van der Waals surface area contributed by atoms with Gasteiger partial charge >= 0.3 is 0 Å². The largest absolute Gasteiger partial charge is 0.310 e. The third kappa shape index (κ3) is 3.17. The second-order valence-corrected chi connectivity index (χ2v) is 7.53. The summed E-state index contributed by atoms with van der Waals surface area (Å²) in [4.78, 5) is 2.72. The number of aryl methyl sites for hydroxylation is 2. The minimum atomic E-state index is 0.321. The smallest absolute Gasteiger partial charge is 0.0308 e. The summed E-state index contributed by atoms with van der Waals surface area (Å²) in [6.07, 6.45) is 4.08. The highest BCUT2D eigenvalue weighted by atomic mass is 15.2. The molecule has 0 radical (unpaired) electrons. The molecule has 1 aliphatic heterocycles. The quantitative estimate of drug-likeness (QED) is 0.912. The van der Waals surface area contributed by atoms with Crippen LogP contribution in [0.5, 0.6) is 0 Å². The Morgan fingerprint density at radius 1 is 1.19 bits per heavy atom. The molecule has 1 heterocycles. The number of hydrogen-bond donors (Lipinski definition) is 1.